The summed E-state index contributed by atoms with van der Waals surface area (Å²) in [5, 5.41) is 0. The van der Waals surface area contributed by atoms with Crippen LogP contribution >= 0.6 is 0 Å². The first-order chi connectivity index (χ1) is 5.17. The molecule has 0 heterocycles. The molecular weight excluding hydrogens is 148 g/mol. The first-order valence-corrected chi connectivity index (χ1v) is 3.27. The molecule has 0 atom stereocenters. The Morgan fingerprint density at radius 3 is 2.36 bits per heavy atom. The molecule has 5 nitrogen and oxygen atoms in total. The molecule has 0 aliphatic heterocycles. The normalized spacial score (nSPS) is 18.7. The maximum absolute atomic E-state index is 11.0. The highest BCUT2D eigenvalue weighted by Crippen LogP contribution is 2.46. The zero-order chi connectivity index (χ0) is 8.48. The molecule has 0 spiro atoms. The third-order valence-corrected chi connectivity index (χ3v) is 1.89. The molecule has 0 aromatic carbocycles. The Bertz CT molecular complexity index is 180. The number of ether oxygens (including phenoxy) is 1. The minimum atomic E-state index is -0.969. The number of carbonyl (C=O) groups is 2. The number of nitrogens with two attached hydrogens (primary N) is 1. The molecule has 0 aromatic rings. The molecular formula is C6H10N2O3. The van der Waals surface area contributed by atoms with Crippen molar-refractivity contribution in [2.24, 2.45) is 11.3 Å². The lowest BCUT2D eigenvalue weighted by atomic mass is 10.1. The number of esters is 1. The van der Waals surface area contributed by atoms with E-state index in [1.54, 1.807) is 0 Å². The topological polar surface area (TPSA) is 81.4 Å². The number of hydrogen-bond donors (Lipinski definition) is 2. The van der Waals surface area contributed by atoms with Crippen molar-refractivity contribution in [2.75, 3.05) is 7.11 Å². The van der Waals surface area contributed by atoms with E-state index in [1.807, 2.05) is 5.43 Å². The lowest BCUT2D eigenvalue weighted by Gasteiger charge is -2.09. The second kappa shape index (κ2) is 2.50. The van der Waals surface area contributed by atoms with Gasteiger partial charge in [0.15, 0.2) is 0 Å². The fraction of sp³-hybridized carbons (Fsp3) is 0.667. The van der Waals surface area contributed by atoms with Gasteiger partial charge in [-0.15, -0.1) is 0 Å². The Labute approximate surface area is 63.9 Å². The monoisotopic (exact) mass is 158 g/mol. The second-order valence-electron chi connectivity index (χ2n) is 2.55. The van der Waals surface area contributed by atoms with Crippen LogP contribution in [0, 0.1) is 5.41 Å². The van der Waals surface area contributed by atoms with Gasteiger partial charge in [0.2, 0.25) is 0 Å². The van der Waals surface area contributed by atoms with Crippen LogP contribution in [0.25, 0.3) is 0 Å². The quantitative estimate of drug-likeness (QED) is 0.176. The van der Waals surface area contributed by atoms with E-state index in [9.17, 15) is 9.59 Å². The van der Waals surface area contributed by atoms with E-state index in [-0.39, 0.29) is 0 Å². The molecule has 11 heavy (non-hydrogen) atoms. The summed E-state index contributed by atoms with van der Waals surface area (Å²) in [7, 11) is 1.26. The molecule has 1 aliphatic carbocycles. The highest BCUT2D eigenvalue weighted by Gasteiger charge is 2.57. The van der Waals surface area contributed by atoms with Crippen LogP contribution in [-0.2, 0) is 14.3 Å². The van der Waals surface area contributed by atoms with Gasteiger partial charge in [-0.1, -0.05) is 0 Å². The second-order valence-corrected chi connectivity index (χ2v) is 2.55. The molecule has 0 aromatic heterocycles. The first-order valence-electron chi connectivity index (χ1n) is 3.27. The summed E-state index contributed by atoms with van der Waals surface area (Å²) in [4.78, 5) is 21.9. The summed E-state index contributed by atoms with van der Waals surface area (Å²) in [6, 6.07) is 0. The van der Waals surface area contributed by atoms with Gasteiger partial charge >= 0.3 is 5.97 Å². The number of hydrogen-bond acceptors (Lipinski definition) is 4. The smallest absolute Gasteiger partial charge is 0.321 e. The molecule has 0 saturated heterocycles. The van der Waals surface area contributed by atoms with Crippen molar-refractivity contribution >= 4 is 11.9 Å². The lowest BCUT2D eigenvalue weighted by Crippen LogP contribution is -2.41. The maximum atomic E-state index is 11.0. The Kier molecular flexibility index (Phi) is 1.82. The summed E-state index contributed by atoms with van der Waals surface area (Å²) in [5.74, 6) is 3.93. The minimum absolute atomic E-state index is 0.454. The zero-order valence-electron chi connectivity index (χ0n) is 6.22. The molecule has 1 rings (SSSR count). The predicted molar refractivity (Wildman–Crippen MR) is 36.0 cm³/mol. The highest BCUT2D eigenvalue weighted by atomic mass is 16.5. The van der Waals surface area contributed by atoms with Gasteiger partial charge in [0, 0.05) is 0 Å². The molecule has 62 valence electrons. The van der Waals surface area contributed by atoms with E-state index < -0.39 is 17.3 Å². The van der Waals surface area contributed by atoms with Crippen molar-refractivity contribution in [3.63, 3.8) is 0 Å². The van der Waals surface area contributed by atoms with Crippen molar-refractivity contribution in [1.29, 1.82) is 0 Å². The van der Waals surface area contributed by atoms with E-state index in [0.29, 0.717) is 12.8 Å². The molecule has 3 N–H and O–H groups in total. The van der Waals surface area contributed by atoms with E-state index >= 15 is 0 Å². The third-order valence-electron chi connectivity index (χ3n) is 1.89. The van der Waals surface area contributed by atoms with E-state index in [0.717, 1.165) is 0 Å². The first kappa shape index (κ1) is 8.00. The largest absolute Gasteiger partial charge is 0.468 e. The van der Waals surface area contributed by atoms with Gasteiger partial charge in [-0.25, -0.2) is 5.84 Å². The fourth-order valence-electron chi connectivity index (χ4n) is 0.982. The molecule has 0 unspecified atom stereocenters. The van der Waals surface area contributed by atoms with Crippen LogP contribution in [0.15, 0.2) is 0 Å². The standard InChI is InChI=1S/C6H10N2O3/c1-11-5(10)6(2-3-6)4(9)8-7/h2-3,7H2,1H3,(H,8,9). The number of amides is 1. The SMILES string of the molecule is COC(=O)C1(C(=O)NN)CC1. The van der Waals surface area contributed by atoms with Crippen LogP contribution in [0.4, 0.5) is 0 Å². The van der Waals surface area contributed by atoms with E-state index in [4.69, 9.17) is 5.84 Å². The van der Waals surface area contributed by atoms with Crippen molar-refractivity contribution in [3.05, 3.63) is 0 Å². The van der Waals surface area contributed by atoms with Gasteiger partial charge in [-0.3, -0.25) is 15.0 Å². The molecule has 1 saturated carbocycles. The molecule has 5 heteroatoms. The van der Waals surface area contributed by atoms with Crippen LogP contribution in [0.2, 0.25) is 0 Å². The average Bonchev–Trinajstić information content (AvgIpc) is 2.82. The summed E-state index contributed by atoms with van der Waals surface area (Å²) >= 11 is 0. The van der Waals surface area contributed by atoms with E-state index in [2.05, 4.69) is 4.74 Å². The number of rotatable bonds is 2. The van der Waals surface area contributed by atoms with Crippen molar-refractivity contribution in [2.45, 2.75) is 12.8 Å². The Morgan fingerprint density at radius 1 is 1.55 bits per heavy atom. The van der Waals surface area contributed by atoms with Gasteiger partial charge in [-0.05, 0) is 12.8 Å². The third kappa shape index (κ3) is 1.07. The number of methoxy groups -OCH3 is 1. The number of hydrazine groups is 1. The van der Waals surface area contributed by atoms with Crippen LogP contribution in [0.5, 0.6) is 0 Å². The maximum Gasteiger partial charge on any atom is 0.321 e. The fourth-order valence-corrected chi connectivity index (χ4v) is 0.982. The molecule has 0 bridgehead atoms. The highest BCUT2D eigenvalue weighted by molar-refractivity contribution is 6.05. The van der Waals surface area contributed by atoms with Crippen LogP contribution in [-0.4, -0.2) is 19.0 Å². The summed E-state index contributed by atoms with van der Waals surface area (Å²) < 4.78 is 4.45. The molecule has 0 radical (unpaired) electrons. The van der Waals surface area contributed by atoms with Crippen molar-refractivity contribution in [3.8, 4) is 0 Å². The predicted octanol–water partition coefficient (Wildman–Crippen LogP) is -1.07. The van der Waals surface area contributed by atoms with E-state index in [1.165, 1.54) is 7.11 Å². The number of nitrogens with one attached hydrogen (secondary N) is 1. The average molecular weight is 158 g/mol. The minimum Gasteiger partial charge on any atom is -0.468 e. The van der Waals surface area contributed by atoms with Crippen molar-refractivity contribution < 1.29 is 14.3 Å². The van der Waals surface area contributed by atoms with Crippen LogP contribution in [0.1, 0.15) is 12.8 Å². The Hall–Kier alpha value is -1.10. The van der Waals surface area contributed by atoms with Gasteiger partial charge in [0.25, 0.3) is 5.91 Å². The lowest BCUT2D eigenvalue weighted by molar-refractivity contribution is -0.152. The zero-order valence-corrected chi connectivity index (χ0v) is 6.22. The Balaban J connectivity index is 2.67. The number of carbonyl (C=O) groups excluding carboxylic acids is 2. The van der Waals surface area contributed by atoms with Crippen molar-refractivity contribution in [1.82, 2.24) is 5.43 Å². The summed E-state index contributed by atoms with van der Waals surface area (Å²) in [6.45, 7) is 0. The van der Waals surface area contributed by atoms with Crippen LogP contribution in [0.3, 0.4) is 0 Å². The molecule has 1 aliphatic rings. The summed E-state index contributed by atoms with van der Waals surface area (Å²) in [6.07, 6.45) is 1.06. The van der Waals surface area contributed by atoms with Crippen LogP contribution < -0.4 is 11.3 Å². The summed E-state index contributed by atoms with van der Waals surface area (Å²) in [5.41, 5.74) is 0.974. The van der Waals surface area contributed by atoms with Gasteiger partial charge in [-0.2, -0.15) is 0 Å². The molecule has 1 amide bonds. The van der Waals surface area contributed by atoms with Gasteiger partial charge in [0.1, 0.15) is 5.41 Å². The Morgan fingerprint density at radius 2 is 2.09 bits per heavy atom. The van der Waals surface area contributed by atoms with Gasteiger partial charge in [0.05, 0.1) is 7.11 Å². The molecule has 1 fully saturated rings. The van der Waals surface area contributed by atoms with Gasteiger partial charge < -0.3 is 4.74 Å².